The molecule has 1 aliphatic rings. The van der Waals surface area contributed by atoms with Gasteiger partial charge in [-0.05, 0) is 44.1 Å². The standard InChI is InChI=1S/C14H20N4O2S/c1-17(8-9-18-6-2-3-7-18)21(19,20)14-5-4-12(11-15)10-13(14)16/h4-5,10H,2-3,6-9,16H2,1H3. The number of rotatable bonds is 5. The Labute approximate surface area is 125 Å². The first kappa shape index (κ1) is 15.8. The highest BCUT2D eigenvalue weighted by Crippen LogP contribution is 2.22. The molecule has 21 heavy (non-hydrogen) atoms. The summed E-state index contributed by atoms with van der Waals surface area (Å²) in [5.41, 5.74) is 6.24. The molecular weight excluding hydrogens is 288 g/mol. The van der Waals surface area contributed by atoms with Gasteiger partial charge in [0.25, 0.3) is 0 Å². The van der Waals surface area contributed by atoms with Gasteiger partial charge in [-0.2, -0.15) is 9.57 Å². The van der Waals surface area contributed by atoms with Gasteiger partial charge in [-0.15, -0.1) is 0 Å². The average molecular weight is 308 g/mol. The van der Waals surface area contributed by atoms with Crippen LogP contribution >= 0.6 is 0 Å². The number of nitriles is 1. The second kappa shape index (κ2) is 6.43. The van der Waals surface area contributed by atoms with E-state index >= 15 is 0 Å². The third-order valence-corrected chi connectivity index (χ3v) is 5.69. The summed E-state index contributed by atoms with van der Waals surface area (Å²) in [6.07, 6.45) is 2.36. The predicted molar refractivity (Wildman–Crippen MR) is 81.1 cm³/mol. The lowest BCUT2D eigenvalue weighted by molar-refractivity contribution is 0.310. The average Bonchev–Trinajstić information content (AvgIpc) is 2.97. The van der Waals surface area contributed by atoms with Crippen molar-refractivity contribution < 1.29 is 8.42 Å². The number of hydrogen-bond acceptors (Lipinski definition) is 5. The Hall–Kier alpha value is -1.62. The zero-order valence-corrected chi connectivity index (χ0v) is 12.9. The van der Waals surface area contributed by atoms with Crippen molar-refractivity contribution in [1.82, 2.24) is 9.21 Å². The highest BCUT2D eigenvalue weighted by molar-refractivity contribution is 7.89. The van der Waals surface area contributed by atoms with Crippen LogP contribution in [-0.2, 0) is 10.0 Å². The fourth-order valence-corrected chi connectivity index (χ4v) is 3.68. The van der Waals surface area contributed by atoms with E-state index in [0.717, 1.165) is 19.6 Å². The Bertz CT molecular complexity index is 645. The molecule has 7 heteroatoms. The Kier molecular flexibility index (Phi) is 4.83. The van der Waals surface area contributed by atoms with Crippen LogP contribution in [0.2, 0.25) is 0 Å². The summed E-state index contributed by atoms with van der Waals surface area (Å²) in [7, 11) is -2.06. The minimum atomic E-state index is -3.61. The number of likely N-dealkylation sites (N-methyl/N-ethyl adjacent to an activating group) is 1. The molecule has 1 aromatic rings. The first-order valence-corrected chi connectivity index (χ1v) is 8.37. The molecule has 1 saturated heterocycles. The zero-order chi connectivity index (χ0) is 15.5. The van der Waals surface area contributed by atoms with Crippen LogP contribution in [0.3, 0.4) is 0 Å². The summed E-state index contributed by atoms with van der Waals surface area (Å²) < 4.78 is 26.3. The van der Waals surface area contributed by atoms with Gasteiger partial charge >= 0.3 is 0 Å². The number of hydrogen-bond donors (Lipinski definition) is 1. The van der Waals surface area contributed by atoms with Gasteiger partial charge in [0.1, 0.15) is 4.90 Å². The van der Waals surface area contributed by atoms with E-state index in [4.69, 9.17) is 11.0 Å². The fraction of sp³-hybridized carbons (Fsp3) is 0.500. The number of anilines is 1. The van der Waals surface area contributed by atoms with Crippen LogP contribution in [0.1, 0.15) is 18.4 Å². The van der Waals surface area contributed by atoms with Crippen LogP contribution in [0.5, 0.6) is 0 Å². The zero-order valence-electron chi connectivity index (χ0n) is 12.1. The fourth-order valence-electron chi connectivity index (χ4n) is 2.43. The maximum Gasteiger partial charge on any atom is 0.244 e. The van der Waals surface area contributed by atoms with Gasteiger partial charge in [-0.1, -0.05) is 0 Å². The SMILES string of the molecule is CN(CCN1CCCC1)S(=O)(=O)c1ccc(C#N)cc1N. The van der Waals surface area contributed by atoms with E-state index in [1.54, 1.807) is 7.05 Å². The number of benzene rings is 1. The van der Waals surface area contributed by atoms with Crippen LogP contribution < -0.4 is 5.73 Å². The molecule has 114 valence electrons. The van der Waals surface area contributed by atoms with Crippen LogP contribution in [0.15, 0.2) is 23.1 Å². The quantitative estimate of drug-likeness (QED) is 0.815. The monoisotopic (exact) mass is 308 g/mol. The van der Waals surface area contributed by atoms with E-state index < -0.39 is 10.0 Å². The summed E-state index contributed by atoms with van der Waals surface area (Å²) in [5, 5.41) is 8.80. The molecule has 1 aromatic carbocycles. The molecule has 6 nitrogen and oxygen atoms in total. The summed E-state index contributed by atoms with van der Waals surface area (Å²) >= 11 is 0. The van der Waals surface area contributed by atoms with Crippen molar-refractivity contribution >= 4 is 15.7 Å². The molecule has 0 spiro atoms. The van der Waals surface area contributed by atoms with Crippen molar-refractivity contribution in [2.75, 3.05) is 39.0 Å². The van der Waals surface area contributed by atoms with Crippen molar-refractivity contribution in [3.8, 4) is 6.07 Å². The number of likely N-dealkylation sites (tertiary alicyclic amines) is 1. The second-order valence-corrected chi connectivity index (χ2v) is 7.25. The highest BCUT2D eigenvalue weighted by Gasteiger charge is 2.24. The molecule has 2 rings (SSSR count). The van der Waals surface area contributed by atoms with Gasteiger partial charge in [0, 0.05) is 20.1 Å². The summed E-state index contributed by atoms with van der Waals surface area (Å²) in [5.74, 6) is 0. The van der Waals surface area contributed by atoms with Crippen LogP contribution in [0.25, 0.3) is 0 Å². The van der Waals surface area contributed by atoms with E-state index in [9.17, 15) is 8.42 Å². The van der Waals surface area contributed by atoms with Gasteiger partial charge < -0.3 is 10.6 Å². The first-order valence-electron chi connectivity index (χ1n) is 6.93. The minimum absolute atomic E-state index is 0.0606. The molecule has 0 unspecified atom stereocenters. The number of nitrogens with two attached hydrogens (primary N) is 1. The lowest BCUT2D eigenvalue weighted by Gasteiger charge is -2.21. The van der Waals surface area contributed by atoms with Gasteiger partial charge in [-0.25, -0.2) is 8.42 Å². The van der Waals surface area contributed by atoms with E-state index in [1.165, 1.54) is 35.3 Å². The second-order valence-electron chi connectivity index (χ2n) is 5.24. The lowest BCUT2D eigenvalue weighted by atomic mass is 10.2. The van der Waals surface area contributed by atoms with Crippen molar-refractivity contribution in [3.63, 3.8) is 0 Å². The third kappa shape index (κ3) is 3.53. The topological polar surface area (TPSA) is 90.4 Å². The lowest BCUT2D eigenvalue weighted by Crippen LogP contribution is -2.35. The maximum absolute atomic E-state index is 12.5. The van der Waals surface area contributed by atoms with Crippen LogP contribution in [0, 0.1) is 11.3 Å². The first-order chi connectivity index (χ1) is 9.95. The van der Waals surface area contributed by atoms with Crippen molar-refractivity contribution in [2.45, 2.75) is 17.7 Å². The molecule has 1 fully saturated rings. The van der Waals surface area contributed by atoms with E-state index in [1.807, 2.05) is 6.07 Å². The molecule has 1 aliphatic heterocycles. The predicted octanol–water partition coefficient (Wildman–Crippen LogP) is 0.857. The molecule has 0 amide bonds. The molecule has 0 bridgehead atoms. The van der Waals surface area contributed by atoms with E-state index in [2.05, 4.69) is 4.90 Å². The van der Waals surface area contributed by atoms with Crippen LogP contribution in [-0.4, -0.2) is 50.8 Å². The van der Waals surface area contributed by atoms with Crippen LogP contribution in [0.4, 0.5) is 5.69 Å². The van der Waals surface area contributed by atoms with Crippen molar-refractivity contribution in [3.05, 3.63) is 23.8 Å². The molecule has 0 radical (unpaired) electrons. The van der Waals surface area contributed by atoms with E-state index in [-0.39, 0.29) is 10.6 Å². The minimum Gasteiger partial charge on any atom is -0.398 e. The van der Waals surface area contributed by atoms with Gasteiger partial charge in [0.2, 0.25) is 10.0 Å². The Morgan fingerprint density at radius 3 is 2.62 bits per heavy atom. The molecule has 0 atom stereocenters. The normalized spacial score (nSPS) is 16.2. The van der Waals surface area contributed by atoms with Gasteiger partial charge in [-0.3, -0.25) is 0 Å². The molecule has 1 heterocycles. The molecule has 0 aliphatic carbocycles. The van der Waals surface area contributed by atoms with Crippen molar-refractivity contribution in [1.29, 1.82) is 5.26 Å². The Morgan fingerprint density at radius 2 is 2.05 bits per heavy atom. The molecule has 2 N–H and O–H groups in total. The number of nitrogen functional groups attached to an aromatic ring is 1. The van der Waals surface area contributed by atoms with Crippen molar-refractivity contribution in [2.24, 2.45) is 0 Å². The third-order valence-electron chi connectivity index (χ3n) is 3.76. The van der Waals surface area contributed by atoms with Gasteiger partial charge in [0.15, 0.2) is 0 Å². The Morgan fingerprint density at radius 1 is 1.38 bits per heavy atom. The summed E-state index contributed by atoms with van der Waals surface area (Å²) in [6, 6.07) is 6.20. The molecule has 0 aromatic heterocycles. The summed E-state index contributed by atoms with van der Waals surface area (Å²) in [6.45, 7) is 3.23. The number of nitrogens with zero attached hydrogens (tertiary/aromatic N) is 3. The number of sulfonamides is 1. The highest BCUT2D eigenvalue weighted by atomic mass is 32.2. The maximum atomic E-state index is 12.5. The molecular formula is C14H20N4O2S. The van der Waals surface area contributed by atoms with Gasteiger partial charge in [0.05, 0.1) is 17.3 Å². The largest absolute Gasteiger partial charge is 0.398 e. The molecule has 0 saturated carbocycles. The summed E-state index contributed by atoms with van der Waals surface area (Å²) in [4.78, 5) is 2.32. The smallest absolute Gasteiger partial charge is 0.244 e. The Balaban J connectivity index is 2.11. The van der Waals surface area contributed by atoms with E-state index in [0.29, 0.717) is 12.1 Å².